The Morgan fingerprint density at radius 3 is 2.04 bits per heavy atom. The van der Waals surface area contributed by atoms with Crippen LogP contribution < -0.4 is 4.90 Å². The van der Waals surface area contributed by atoms with Gasteiger partial charge in [0.2, 0.25) is 5.91 Å². The molecule has 0 saturated heterocycles. The number of benzene rings is 2. The molecule has 1 aliphatic rings. The van der Waals surface area contributed by atoms with Crippen LogP contribution in [0.1, 0.15) is 44.6 Å². The topological polar surface area (TPSA) is 20.3 Å². The Morgan fingerprint density at radius 2 is 1.48 bits per heavy atom. The van der Waals surface area contributed by atoms with Gasteiger partial charge in [0.1, 0.15) is 0 Å². The second-order valence-electron chi connectivity index (χ2n) is 6.39. The van der Waals surface area contributed by atoms with Crippen molar-refractivity contribution in [3.63, 3.8) is 0 Å². The SMILES string of the molecule is CCN(C(=O)C1(c2ccccc2)CCCCC1)c1ccccc1. The molecule has 0 bridgehead atoms. The first-order valence-electron chi connectivity index (χ1n) is 8.70. The zero-order valence-electron chi connectivity index (χ0n) is 13.9. The van der Waals surface area contributed by atoms with E-state index in [2.05, 4.69) is 31.2 Å². The van der Waals surface area contributed by atoms with E-state index in [9.17, 15) is 4.79 Å². The number of nitrogens with zero attached hydrogens (tertiary/aromatic N) is 1. The Labute approximate surface area is 139 Å². The number of rotatable bonds is 4. The van der Waals surface area contributed by atoms with E-state index < -0.39 is 0 Å². The smallest absolute Gasteiger partial charge is 0.237 e. The lowest BCUT2D eigenvalue weighted by Gasteiger charge is -2.40. The molecule has 0 aromatic heterocycles. The number of para-hydroxylation sites is 1. The van der Waals surface area contributed by atoms with Crippen LogP contribution in [-0.2, 0) is 10.2 Å². The molecule has 120 valence electrons. The normalized spacial score (nSPS) is 16.7. The van der Waals surface area contributed by atoms with Gasteiger partial charge in [0.15, 0.2) is 0 Å². The van der Waals surface area contributed by atoms with Gasteiger partial charge in [-0.2, -0.15) is 0 Å². The average Bonchev–Trinajstić information content (AvgIpc) is 2.64. The van der Waals surface area contributed by atoms with Crippen LogP contribution in [0.25, 0.3) is 0 Å². The van der Waals surface area contributed by atoms with Crippen molar-refractivity contribution in [1.82, 2.24) is 0 Å². The first-order chi connectivity index (χ1) is 11.3. The van der Waals surface area contributed by atoms with Gasteiger partial charge in [0.25, 0.3) is 0 Å². The molecule has 0 spiro atoms. The van der Waals surface area contributed by atoms with Gasteiger partial charge in [0, 0.05) is 12.2 Å². The van der Waals surface area contributed by atoms with E-state index in [4.69, 9.17) is 0 Å². The molecule has 0 N–H and O–H groups in total. The molecule has 2 aromatic rings. The summed E-state index contributed by atoms with van der Waals surface area (Å²) in [5, 5.41) is 0. The molecule has 0 atom stereocenters. The molecule has 1 fully saturated rings. The summed E-state index contributed by atoms with van der Waals surface area (Å²) in [6, 6.07) is 20.4. The maximum atomic E-state index is 13.6. The number of carbonyl (C=O) groups is 1. The van der Waals surface area contributed by atoms with Crippen LogP contribution in [0.15, 0.2) is 60.7 Å². The minimum absolute atomic E-state index is 0.261. The number of amides is 1. The lowest BCUT2D eigenvalue weighted by atomic mass is 9.68. The van der Waals surface area contributed by atoms with Crippen molar-refractivity contribution in [1.29, 1.82) is 0 Å². The van der Waals surface area contributed by atoms with E-state index in [1.54, 1.807) is 0 Å². The first-order valence-corrected chi connectivity index (χ1v) is 8.70. The Bertz CT molecular complexity index is 629. The molecule has 0 unspecified atom stereocenters. The highest BCUT2D eigenvalue weighted by molar-refractivity contribution is 6.01. The lowest BCUT2D eigenvalue weighted by Crippen LogP contribution is -2.48. The highest BCUT2D eigenvalue weighted by Gasteiger charge is 2.43. The van der Waals surface area contributed by atoms with Gasteiger partial charge >= 0.3 is 0 Å². The van der Waals surface area contributed by atoms with Crippen molar-refractivity contribution in [2.45, 2.75) is 44.4 Å². The van der Waals surface area contributed by atoms with Gasteiger partial charge in [-0.15, -0.1) is 0 Å². The van der Waals surface area contributed by atoms with Crippen LogP contribution in [0.3, 0.4) is 0 Å². The Hall–Kier alpha value is -2.09. The molecule has 1 amide bonds. The fourth-order valence-electron chi connectivity index (χ4n) is 3.85. The fraction of sp³-hybridized carbons (Fsp3) is 0.381. The van der Waals surface area contributed by atoms with Crippen molar-refractivity contribution in [3.8, 4) is 0 Å². The van der Waals surface area contributed by atoms with Crippen LogP contribution in [0.5, 0.6) is 0 Å². The second kappa shape index (κ2) is 6.99. The summed E-state index contributed by atoms with van der Waals surface area (Å²) in [7, 11) is 0. The van der Waals surface area contributed by atoms with Crippen molar-refractivity contribution >= 4 is 11.6 Å². The number of carbonyl (C=O) groups excluding carboxylic acids is 1. The van der Waals surface area contributed by atoms with Gasteiger partial charge in [-0.3, -0.25) is 4.79 Å². The van der Waals surface area contributed by atoms with E-state index in [1.807, 2.05) is 41.3 Å². The minimum atomic E-state index is -0.356. The molecule has 2 nitrogen and oxygen atoms in total. The lowest BCUT2D eigenvalue weighted by molar-refractivity contribution is -0.125. The maximum Gasteiger partial charge on any atom is 0.237 e. The average molecular weight is 307 g/mol. The van der Waals surface area contributed by atoms with Gasteiger partial charge < -0.3 is 4.90 Å². The quantitative estimate of drug-likeness (QED) is 0.783. The third-order valence-electron chi connectivity index (χ3n) is 5.07. The number of anilines is 1. The molecule has 1 aliphatic carbocycles. The third-order valence-corrected chi connectivity index (χ3v) is 5.07. The summed E-state index contributed by atoms with van der Waals surface area (Å²) >= 11 is 0. The third kappa shape index (κ3) is 3.03. The molecular formula is C21H25NO. The van der Waals surface area contributed by atoms with E-state index in [1.165, 1.54) is 12.0 Å². The van der Waals surface area contributed by atoms with Crippen LogP contribution in [0, 0.1) is 0 Å². The van der Waals surface area contributed by atoms with E-state index >= 15 is 0 Å². The minimum Gasteiger partial charge on any atom is -0.312 e. The van der Waals surface area contributed by atoms with Crippen molar-refractivity contribution in [3.05, 3.63) is 66.2 Å². The van der Waals surface area contributed by atoms with Crippen LogP contribution >= 0.6 is 0 Å². The predicted molar refractivity (Wildman–Crippen MR) is 95.7 cm³/mol. The largest absolute Gasteiger partial charge is 0.312 e. The van der Waals surface area contributed by atoms with Gasteiger partial charge in [-0.25, -0.2) is 0 Å². The monoisotopic (exact) mass is 307 g/mol. The molecule has 3 rings (SSSR count). The summed E-state index contributed by atoms with van der Waals surface area (Å²) in [5.74, 6) is 0.261. The molecule has 0 aliphatic heterocycles. The van der Waals surface area contributed by atoms with Gasteiger partial charge in [-0.05, 0) is 37.5 Å². The maximum absolute atomic E-state index is 13.6. The van der Waals surface area contributed by atoms with Crippen molar-refractivity contribution in [2.75, 3.05) is 11.4 Å². The summed E-state index contributed by atoms with van der Waals surface area (Å²) in [5.41, 5.74) is 1.82. The van der Waals surface area contributed by atoms with Crippen LogP contribution in [0.4, 0.5) is 5.69 Å². The second-order valence-corrected chi connectivity index (χ2v) is 6.39. The van der Waals surface area contributed by atoms with Gasteiger partial charge in [-0.1, -0.05) is 67.8 Å². The molecule has 2 aromatic carbocycles. The summed E-state index contributed by atoms with van der Waals surface area (Å²) in [6.07, 6.45) is 5.41. The first kappa shape index (κ1) is 15.8. The van der Waals surface area contributed by atoms with Gasteiger partial charge in [0.05, 0.1) is 5.41 Å². The Morgan fingerprint density at radius 1 is 0.913 bits per heavy atom. The zero-order valence-corrected chi connectivity index (χ0v) is 13.9. The highest BCUT2D eigenvalue weighted by atomic mass is 16.2. The van der Waals surface area contributed by atoms with Crippen LogP contribution in [-0.4, -0.2) is 12.5 Å². The summed E-state index contributed by atoms with van der Waals surface area (Å²) in [6.45, 7) is 2.77. The zero-order chi connectivity index (χ0) is 16.1. The van der Waals surface area contributed by atoms with Crippen molar-refractivity contribution < 1.29 is 4.79 Å². The Balaban J connectivity index is 2.01. The molecule has 0 radical (unpaired) electrons. The molecule has 1 saturated carbocycles. The number of hydrogen-bond donors (Lipinski definition) is 0. The molecule has 0 heterocycles. The highest BCUT2D eigenvalue weighted by Crippen LogP contribution is 2.41. The summed E-state index contributed by atoms with van der Waals surface area (Å²) < 4.78 is 0. The van der Waals surface area contributed by atoms with E-state index in [0.717, 1.165) is 31.4 Å². The number of hydrogen-bond acceptors (Lipinski definition) is 1. The van der Waals surface area contributed by atoms with E-state index in [0.29, 0.717) is 6.54 Å². The molecule has 2 heteroatoms. The predicted octanol–water partition coefficient (Wildman–Crippen LogP) is 4.94. The van der Waals surface area contributed by atoms with Crippen LogP contribution in [0.2, 0.25) is 0 Å². The number of likely N-dealkylation sites (N-methyl/N-ethyl adjacent to an activating group) is 1. The fourth-order valence-corrected chi connectivity index (χ4v) is 3.85. The molecule has 23 heavy (non-hydrogen) atoms. The standard InChI is InChI=1S/C21H25NO/c1-2-22(19-14-8-4-9-15-19)20(23)21(16-10-5-11-17-21)18-12-6-3-7-13-18/h3-4,6-9,12-15H,2,5,10-11,16-17H2,1H3. The summed E-state index contributed by atoms with van der Waals surface area (Å²) in [4.78, 5) is 15.5. The van der Waals surface area contributed by atoms with Crippen molar-refractivity contribution in [2.24, 2.45) is 0 Å². The van der Waals surface area contributed by atoms with E-state index in [-0.39, 0.29) is 11.3 Å². The Kier molecular flexibility index (Phi) is 4.80. The molecular weight excluding hydrogens is 282 g/mol.